The SMILES string of the molecule is CC(C)(CN)CCc1sccc1Br. The molecule has 0 spiro atoms. The van der Waals surface area contributed by atoms with Crippen molar-refractivity contribution < 1.29 is 0 Å². The Morgan fingerprint density at radius 2 is 2.23 bits per heavy atom. The van der Waals surface area contributed by atoms with Crippen LogP contribution in [0.2, 0.25) is 0 Å². The highest BCUT2D eigenvalue weighted by Gasteiger charge is 2.16. The van der Waals surface area contributed by atoms with Gasteiger partial charge in [0, 0.05) is 9.35 Å². The number of rotatable bonds is 4. The quantitative estimate of drug-likeness (QED) is 0.883. The van der Waals surface area contributed by atoms with Crippen molar-refractivity contribution in [1.82, 2.24) is 0 Å². The summed E-state index contributed by atoms with van der Waals surface area (Å²) < 4.78 is 1.24. The first-order valence-corrected chi connectivity index (χ1v) is 6.14. The highest BCUT2D eigenvalue weighted by Crippen LogP contribution is 2.28. The molecule has 1 aromatic rings. The van der Waals surface area contributed by atoms with Crippen molar-refractivity contribution in [3.05, 3.63) is 20.8 Å². The fourth-order valence-corrected chi connectivity index (χ4v) is 2.61. The van der Waals surface area contributed by atoms with Crippen LogP contribution in [0.25, 0.3) is 0 Å². The van der Waals surface area contributed by atoms with E-state index < -0.39 is 0 Å². The van der Waals surface area contributed by atoms with Crippen LogP contribution >= 0.6 is 27.3 Å². The van der Waals surface area contributed by atoms with E-state index in [0.717, 1.165) is 19.4 Å². The molecule has 0 aromatic carbocycles. The van der Waals surface area contributed by atoms with Gasteiger partial charge in [-0.15, -0.1) is 11.3 Å². The van der Waals surface area contributed by atoms with Gasteiger partial charge in [0.25, 0.3) is 0 Å². The van der Waals surface area contributed by atoms with Gasteiger partial charge in [-0.2, -0.15) is 0 Å². The molecule has 1 rings (SSSR count). The molecule has 74 valence electrons. The molecule has 0 aliphatic rings. The van der Waals surface area contributed by atoms with Gasteiger partial charge < -0.3 is 5.73 Å². The fraction of sp³-hybridized carbons (Fsp3) is 0.600. The first-order chi connectivity index (χ1) is 6.05. The maximum Gasteiger partial charge on any atom is 0.0314 e. The second kappa shape index (κ2) is 4.58. The average molecular weight is 262 g/mol. The van der Waals surface area contributed by atoms with Crippen LogP contribution in [0.3, 0.4) is 0 Å². The van der Waals surface area contributed by atoms with Crippen molar-refractivity contribution in [3.8, 4) is 0 Å². The smallest absolute Gasteiger partial charge is 0.0314 e. The second-order valence-electron chi connectivity index (χ2n) is 4.06. The number of nitrogens with two attached hydrogens (primary N) is 1. The molecule has 0 saturated carbocycles. The summed E-state index contributed by atoms with van der Waals surface area (Å²) in [6.45, 7) is 5.19. The van der Waals surface area contributed by atoms with Crippen molar-refractivity contribution in [2.24, 2.45) is 11.1 Å². The molecule has 0 radical (unpaired) electrons. The lowest BCUT2D eigenvalue weighted by molar-refractivity contribution is 0.349. The third kappa shape index (κ3) is 3.41. The minimum Gasteiger partial charge on any atom is -0.330 e. The minimum atomic E-state index is 0.267. The average Bonchev–Trinajstić information content (AvgIpc) is 2.48. The summed E-state index contributed by atoms with van der Waals surface area (Å²) in [6, 6.07) is 2.11. The molecule has 0 aliphatic carbocycles. The fourth-order valence-electron chi connectivity index (χ4n) is 1.06. The largest absolute Gasteiger partial charge is 0.330 e. The van der Waals surface area contributed by atoms with Gasteiger partial charge in [-0.25, -0.2) is 0 Å². The van der Waals surface area contributed by atoms with E-state index >= 15 is 0 Å². The molecule has 0 bridgehead atoms. The number of hydrogen-bond donors (Lipinski definition) is 1. The number of halogens is 1. The Labute approximate surface area is 92.5 Å². The highest BCUT2D eigenvalue weighted by atomic mass is 79.9. The standard InChI is InChI=1S/C10H16BrNS/c1-10(2,7-12)5-3-9-8(11)4-6-13-9/h4,6H,3,5,7,12H2,1-2H3. The Balaban J connectivity index is 2.48. The van der Waals surface area contributed by atoms with Gasteiger partial charge in [0.05, 0.1) is 0 Å². The minimum absolute atomic E-state index is 0.267. The molecule has 13 heavy (non-hydrogen) atoms. The number of thiophene rings is 1. The summed E-state index contributed by atoms with van der Waals surface area (Å²) in [7, 11) is 0. The molecule has 0 unspecified atom stereocenters. The maximum absolute atomic E-state index is 5.68. The zero-order valence-electron chi connectivity index (χ0n) is 8.14. The molecule has 0 amide bonds. The van der Waals surface area contributed by atoms with Crippen LogP contribution in [-0.2, 0) is 6.42 Å². The normalized spacial score (nSPS) is 12.0. The summed E-state index contributed by atoms with van der Waals surface area (Å²) in [6.07, 6.45) is 2.28. The van der Waals surface area contributed by atoms with E-state index in [1.54, 1.807) is 0 Å². The van der Waals surface area contributed by atoms with E-state index in [4.69, 9.17) is 5.73 Å². The van der Waals surface area contributed by atoms with Crippen LogP contribution in [0.15, 0.2) is 15.9 Å². The Morgan fingerprint density at radius 3 is 2.69 bits per heavy atom. The maximum atomic E-state index is 5.68. The van der Waals surface area contributed by atoms with Crippen LogP contribution in [0, 0.1) is 5.41 Å². The lowest BCUT2D eigenvalue weighted by Gasteiger charge is -2.21. The lowest BCUT2D eigenvalue weighted by Crippen LogP contribution is -2.23. The first kappa shape index (κ1) is 11.2. The molecule has 1 aromatic heterocycles. The zero-order valence-corrected chi connectivity index (χ0v) is 10.5. The van der Waals surface area contributed by atoms with Crippen molar-refractivity contribution in [2.75, 3.05) is 6.54 Å². The molecule has 1 nitrogen and oxygen atoms in total. The predicted octanol–water partition coefficient (Wildman–Crippen LogP) is 3.43. The van der Waals surface area contributed by atoms with E-state index in [1.165, 1.54) is 9.35 Å². The van der Waals surface area contributed by atoms with Gasteiger partial charge in [0.2, 0.25) is 0 Å². The molecule has 0 atom stereocenters. The van der Waals surface area contributed by atoms with E-state index in [1.807, 2.05) is 11.3 Å². The Morgan fingerprint density at radius 1 is 1.54 bits per heavy atom. The molecule has 3 heteroatoms. The van der Waals surface area contributed by atoms with E-state index in [9.17, 15) is 0 Å². The predicted molar refractivity (Wildman–Crippen MR) is 63.2 cm³/mol. The second-order valence-corrected chi connectivity index (χ2v) is 5.92. The number of hydrogen-bond acceptors (Lipinski definition) is 2. The molecular formula is C10H16BrNS. The third-order valence-corrected chi connectivity index (χ3v) is 4.26. The van der Waals surface area contributed by atoms with Gasteiger partial charge in [-0.1, -0.05) is 13.8 Å². The van der Waals surface area contributed by atoms with Gasteiger partial charge in [0.15, 0.2) is 0 Å². The molecule has 1 heterocycles. The van der Waals surface area contributed by atoms with Crippen LogP contribution < -0.4 is 5.73 Å². The van der Waals surface area contributed by atoms with Gasteiger partial charge in [-0.3, -0.25) is 0 Å². The van der Waals surface area contributed by atoms with Crippen molar-refractivity contribution >= 4 is 27.3 Å². The van der Waals surface area contributed by atoms with Crippen molar-refractivity contribution in [3.63, 3.8) is 0 Å². The van der Waals surface area contributed by atoms with Crippen LogP contribution in [0.5, 0.6) is 0 Å². The summed E-state index contributed by atoms with van der Waals surface area (Å²) in [5.41, 5.74) is 5.94. The summed E-state index contributed by atoms with van der Waals surface area (Å²) in [5, 5.41) is 2.12. The Hall–Kier alpha value is 0.140. The lowest BCUT2D eigenvalue weighted by atomic mass is 9.88. The number of aryl methyl sites for hydroxylation is 1. The molecule has 2 N–H and O–H groups in total. The highest BCUT2D eigenvalue weighted by molar-refractivity contribution is 9.10. The summed E-state index contributed by atoms with van der Waals surface area (Å²) in [5.74, 6) is 0. The van der Waals surface area contributed by atoms with Crippen LogP contribution in [0.4, 0.5) is 0 Å². The first-order valence-electron chi connectivity index (χ1n) is 4.47. The van der Waals surface area contributed by atoms with E-state index in [2.05, 4.69) is 41.2 Å². The topological polar surface area (TPSA) is 26.0 Å². The van der Waals surface area contributed by atoms with E-state index in [0.29, 0.717) is 0 Å². The van der Waals surface area contributed by atoms with Crippen LogP contribution in [0.1, 0.15) is 25.1 Å². The molecule has 0 saturated heterocycles. The van der Waals surface area contributed by atoms with E-state index in [-0.39, 0.29) is 5.41 Å². The van der Waals surface area contributed by atoms with Gasteiger partial charge in [0.1, 0.15) is 0 Å². The Kier molecular flexibility index (Phi) is 3.95. The summed E-state index contributed by atoms with van der Waals surface area (Å²) in [4.78, 5) is 1.43. The Bertz CT molecular complexity index is 268. The van der Waals surface area contributed by atoms with Gasteiger partial charge >= 0.3 is 0 Å². The molecule has 0 aliphatic heterocycles. The van der Waals surface area contributed by atoms with Crippen molar-refractivity contribution in [2.45, 2.75) is 26.7 Å². The molecule has 0 fully saturated rings. The summed E-state index contributed by atoms with van der Waals surface area (Å²) >= 11 is 5.35. The van der Waals surface area contributed by atoms with Crippen LogP contribution in [-0.4, -0.2) is 6.54 Å². The van der Waals surface area contributed by atoms with Crippen molar-refractivity contribution in [1.29, 1.82) is 0 Å². The molecular weight excluding hydrogens is 246 g/mol. The van der Waals surface area contributed by atoms with Gasteiger partial charge in [-0.05, 0) is 52.2 Å². The third-order valence-electron chi connectivity index (χ3n) is 2.27. The zero-order chi connectivity index (χ0) is 9.90. The monoisotopic (exact) mass is 261 g/mol.